The summed E-state index contributed by atoms with van der Waals surface area (Å²) in [4.78, 5) is 9.43. The van der Waals surface area contributed by atoms with E-state index in [9.17, 15) is 0 Å². The Bertz CT molecular complexity index is 4980. The Balaban J connectivity index is 0.000000137. The van der Waals surface area contributed by atoms with Crippen molar-refractivity contribution in [2.45, 2.75) is 163 Å². The van der Waals surface area contributed by atoms with Gasteiger partial charge < -0.3 is 27.9 Å². The van der Waals surface area contributed by atoms with E-state index in [2.05, 4.69) is 276 Å². The number of benzene rings is 10. The van der Waals surface area contributed by atoms with Crippen molar-refractivity contribution in [1.29, 1.82) is 0 Å². The predicted molar refractivity (Wildman–Crippen MR) is 418 cm³/mol. The van der Waals surface area contributed by atoms with Gasteiger partial charge in [-0.3, -0.25) is 4.98 Å². The van der Waals surface area contributed by atoms with Gasteiger partial charge in [0.1, 0.15) is 4.60 Å². The Morgan fingerprint density at radius 2 is 0.556 bits per heavy atom. The molecule has 5 heterocycles. The molecule has 498 valence electrons. The molecule has 3 fully saturated rings. The fourth-order valence-electron chi connectivity index (χ4n) is 15.4. The summed E-state index contributed by atoms with van der Waals surface area (Å²) in [6.07, 6.45) is 3.94. The number of pyridine rings is 2. The van der Waals surface area contributed by atoms with Crippen molar-refractivity contribution < 1.29 is 27.9 Å². The van der Waals surface area contributed by atoms with E-state index in [1.165, 1.54) is 121 Å². The van der Waals surface area contributed by atoms with Crippen LogP contribution in [0.2, 0.25) is 0 Å². The number of halogens is 1. The monoisotopic (exact) mass is 1370 g/mol. The first kappa shape index (κ1) is 68.1. The van der Waals surface area contributed by atoms with E-state index in [0.717, 1.165) is 21.3 Å². The van der Waals surface area contributed by atoms with Crippen molar-refractivity contribution in [3.05, 3.63) is 246 Å². The average Bonchev–Trinajstić information content (AvgIpc) is 1.09. The lowest BCUT2D eigenvalue weighted by Crippen LogP contribution is -2.41. The van der Waals surface area contributed by atoms with Crippen LogP contribution in [-0.2, 0) is 38.8 Å². The van der Waals surface area contributed by atoms with E-state index in [0.29, 0.717) is 0 Å². The van der Waals surface area contributed by atoms with E-state index in [1.807, 2.05) is 73.8 Å². The molecule has 0 spiro atoms. The molecule has 0 unspecified atom stereocenters. The zero-order chi connectivity index (χ0) is 68.9. The van der Waals surface area contributed by atoms with Gasteiger partial charge in [0.2, 0.25) is 0 Å². The van der Waals surface area contributed by atoms with E-state index >= 15 is 0 Å². The third kappa shape index (κ3) is 11.2. The minimum atomic E-state index is -0.486. The molecule has 17 rings (SSSR count). The fourth-order valence-corrected chi connectivity index (χ4v) is 15.6. The third-order valence-corrected chi connectivity index (χ3v) is 23.4. The van der Waals surface area contributed by atoms with Crippen molar-refractivity contribution >= 4 is 85.7 Å². The van der Waals surface area contributed by atoms with Crippen molar-refractivity contribution in [3.8, 4) is 66.8 Å². The second-order valence-electron chi connectivity index (χ2n) is 31.2. The van der Waals surface area contributed by atoms with Crippen LogP contribution in [0.5, 0.6) is 0 Å². The first-order chi connectivity index (χ1) is 46.5. The van der Waals surface area contributed by atoms with E-state index < -0.39 is 32.3 Å². The topological polar surface area (TPSA) is 81.2 Å². The highest BCUT2D eigenvalue weighted by Crippen LogP contribution is 2.54. The second-order valence-corrected chi connectivity index (χ2v) is 32.0. The van der Waals surface area contributed by atoms with Crippen molar-refractivity contribution in [2.75, 3.05) is 0 Å². The quantitative estimate of drug-likeness (QED) is 0.0925. The molecule has 0 amide bonds. The maximum atomic E-state index is 6.28. The summed E-state index contributed by atoms with van der Waals surface area (Å²) in [6.45, 7) is 33.9. The van der Waals surface area contributed by atoms with Gasteiger partial charge in [-0.25, -0.2) is 4.98 Å². The lowest BCUT2D eigenvalue weighted by Gasteiger charge is -2.32. The molecule has 12 heteroatoms. The Morgan fingerprint density at radius 1 is 0.283 bits per heavy atom. The van der Waals surface area contributed by atoms with Crippen LogP contribution in [-0.4, -0.2) is 64.7 Å². The highest BCUT2D eigenvalue weighted by molar-refractivity contribution is 9.10. The summed E-state index contributed by atoms with van der Waals surface area (Å²) in [7, 11) is -1.44. The van der Waals surface area contributed by atoms with Gasteiger partial charge in [0, 0.05) is 34.4 Å². The minimum absolute atomic E-state index is 0. The molecule has 3 aliphatic heterocycles. The van der Waals surface area contributed by atoms with Crippen LogP contribution in [0, 0.1) is 0 Å². The summed E-state index contributed by atoms with van der Waals surface area (Å²) in [6, 6.07) is 75.4. The molecule has 2 aliphatic carbocycles. The number of hydrogen-bond donors (Lipinski definition) is 0. The van der Waals surface area contributed by atoms with Crippen LogP contribution >= 0.6 is 15.9 Å². The summed E-state index contributed by atoms with van der Waals surface area (Å²) >= 11 is 3.49. The van der Waals surface area contributed by atoms with Gasteiger partial charge in [0.25, 0.3) is 0 Å². The standard InChI is InChI=1S/C40H36BNO2.C34H24BrN.C12H24B2O4.CH4/c1-38(2)33-18-12-11-13-27(33)28-21-19-25(23-34(28)38)36-29-14-7-9-16-31(29)37(32-17-10-8-15-30(32)36)26-20-22-35(42-24-26)41-43-39(3,4)40(5,6)44-41;1-34(2)29-14-8-7-9-23(29)24-17-15-21(19-30(24)34)32-25-10-3-5-12-27(25)33(22-16-18-31(35)36-20-22)28-13-6-4-11-26(28)32;1-9(2)10(3,4)16-13(15-9)14-17-11(5,6)12(7,8)18-14;/h7-24H,1-6H3;3-20H,1-2H3;1-8H3;1H4. The SMILES string of the molecule is C.CC1(C)OB(B2OC(C)(C)C(C)(C)O2)OC1(C)C.CC1(C)c2ccccc2-c2ccc(-c3c4ccccc4c(-c4ccc(B5OC(C)(C)C(C)(C)O5)nc4)c4ccccc34)cc21.CC1(C)c2ccccc2-c2ccc(-c3c4ccccc4c(-c4ccc(Br)nc4)c4ccccc34)cc21. The maximum Gasteiger partial charge on any atom is 0.514 e. The molecule has 2 aromatic heterocycles. The zero-order valence-corrected chi connectivity index (χ0v) is 60.8. The highest BCUT2D eigenvalue weighted by Gasteiger charge is 2.64. The maximum absolute atomic E-state index is 6.28. The van der Waals surface area contributed by atoms with Crippen LogP contribution in [0.15, 0.2) is 223 Å². The third-order valence-electron chi connectivity index (χ3n) is 23.0. The van der Waals surface area contributed by atoms with Gasteiger partial charge in [-0.15, -0.1) is 0 Å². The normalized spacial score (nSPS) is 18.6. The molecule has 0 atom stereocenters. The lowest BCUT2D eigenvalue weighted by molar-refractivity contribution is 0.00578. The summed E-state index contributed by atoms with van der Waals surface area (Å²) in [5.41, 5.74) is 19.2. The number of rotatable bonds is 6. The van der Waals surface area contributed by atoms with E-state index in [1.54, 1.807) is 0 Å². The number of fused-ring (bicyclic) bond motifs is 10. The molecule has 0 bridgehead atoms. The lowest BCUT2D eigenvalue weighted by atomic mass is 9.49. The molecule has 0 saturated carbocycles. The van der Waals surface area contributed by atoms with Gasteiger partial charge in [0.15, 0.2) is 0 Å². The minimum Gasteiger partial charge on any atom is -0.405 e. The Morgan fingerprint density at radius 3 is 0.869 bits per heavy atom. The number of hydrogen-bond acceptors (Lipinski definition) is 8. The average molecular weight is 1370 g/mol. The molecule has 3 saturated heterocycles. The fraction of sp³-hybridized carbons (Fsp3) is 0.287. The van der Waals surface area contributed by atoms with E-state index in [4.69, 9.17) is 32.9 Å². The van der Waals surface area contributed by atoms with Crippen molar-refractivity contribution in [1.82, 2.24) is 9.97 Å². The molecule has 10 aromatic carbocycles. The van der Waals surface area contributed by atoms with Crippen LogP contribution in [0.25, 0.3) is 110 Å². The molecule has 12 aromatic rings. The van der Waals surface area contributed by atoms with Gasteiger partial charge in [-0.1, -0.05) is 217 Å². The summed E-state index contributed by atoms with van der Waals surface area (Å²) in [5.74, 6) is 0. The molecule has 0 N–H and O–H groups in total. The van der Waals surface area contributed by atoms with Crippen molar-refractivity contribution in [3.63, 3.8) is 0 Å². The smallest absolute Gasteiger partial charge is 0.405 e. The van der Waals surface area contributed by atoms with Gasteiger partial charge in [-0.05, 0) is 244 Å². The largest absolute Gasteiger partial charge is 0.514 e. The molecule has 99 heavy (non-hydrogen) atoms. The number of nitrogens with zero attached hydrogens (tertiary/aromatic N) is 2. The molecular formula is C87H88B3BrN2O6. The number of aromatic nitrogens is 2. The Kier molecular flexibility index (Phi) is 16.8. The van der Waals surface area contributed by atoms with Gasteiger partial charge >= 0.3 is 21.1 Å². The Hall–Kier alpha value is -8.03. The summed E-state index contributed by atoms with van der Waals surface area (Å²) < 4.78 is 37.3. The van der Waals surface area contributed by atoms with Crippen LogP contribution in [0.4, 0.5) is 0 Å². The molecular weight excluding hydrogens is 1280 g/mol. The molecule has 5 aliphatic rings. The zero-order valence-electron chi connectivity index (χ0n) is 59.2. The van der Waals surface area contributed by atoms with Crippen LogP contribution in [0.3, 0.4) is 0 Å². The van der Waals surface area contributed by atoms with E-state index in [-0.39, 0.29) is 40.7 Å². The highest BCUT2D eigenvalue weighted by atomic mass is 79.9. The first-order valence-corrected chi connectivity index (χ1v) is 35.3. The van der Waals surface area contributed by atoms with Gasteiger partial charge in [0.05, 0.1) is 39.2 Å². The predicted octanol–water partition coefficient (Wildman–Crippen LogP) is 22.0. The van der Waals surface area contributed by atoms with Crippen LogP contribution < -0.4 is 5.59 Å². The molecule has 0 radical (unpaired) electrons. The summed E-state index contributed by atoms with van der Waals surface area (Å²) in [5, 5.41) is 9.94. The second kappa shape index (κ2) is 24.4. The van der Waals surface area contributed by atoms with Crippen molar-refractivity contribution in [2.24, 2.45) is 0 Å². The Labute approximate surface area is 594 Å². The molecule has 8 nitrogen and oxygen atoms in total. The van der Waals surface area contributed by atoms with Gasteiger partial charge in [-0.2, -0.15) is 0 Å². The van der Waals surface area contributed by atoms with Crippen LogP contribution in [0.1, 0.15) is 140 Å². The first-order valence-electron chi connectivity index (χ1n) is 34.5.